The molecule has 2 fully saturated rings. The maximum atomic E-state index is 13.8. The second kappa shape index (κ2) is 13.3. The lowest BCUT2D eigenvalue weighted by atomic mass is 9.84. The number of nitrogens with one attached hydrogen (secondary N) is 1. The van der Waals surface area contributed by atoms with Crippen molar-refractivity contribution < 1.29 is 32.8 Å². The van der Waals surface area contributed by atoms with E-state index in [1.165, 1.54) is 6.07 Å². The number of hydroxylamine groups is 2. The number of halogens is 3. The zero-order chi connectivity index (χ0) is 30.7. The van der Waals surface area contributed by atoms with E-state index in [-0.39, 0.29) is 37.4 Å². The predicted octanol–water partition coefficient (Wildman–Crippen LogP) is 4.63. The third kappa shape index (κ3) is 7.83. The molecule has 1 aromatic carbocycles. The number of hydrogen-bond donors (Lipinski definition) is 2. The van der Waals surface area contributed by atoms with Crippen LogP contribution in [0.15, 0.2) is 18.2 Å². The number of benzene rings is 1. The minimum Gasteiger partial charge on any atom is -0.344 e. The fraction of sp³-hybridized carbons (Fsp3) is 0.710. The van der Waals surface area contributed by atoms with Crippen LogP contribution in [0.25, 0.3) is 0 Å². The van der Waals surface area contributed by atoms with E-state index in [4.69, 9.17) is 0 Å². The first-order valence-corrected chi connectivity index (χ1v) is 15.2. The molecule has 42 heavy (non-hydrogen) atoms. The van der Waals surface area contributed by atoms with Gasteiger partial charge in [0.2, 0.25) is 18.2 Å². The van der Waals surface area contributed by atoms with Gasteiger partial charge in [-0.25, -0.2) is 5.06 Å². The summed E-state index contributed by atoms with van der Waals surface area (Å²) in [5, 5.41) is 13.3. The minimum absolute atomic E-state index is 0.0702. The number of carbonyl (C=O) groups excluding carboxylic acids is 3. The van der Waals surface area contributed by atoms with Crippen LogP contribution in [0.5, 0.6) is 0 Å². The topological polar surface area (TPSA) is 93.2 Å². The fourth-order valence-corrected chi connectivity index (χ4v) is 6.90. The van der Waals surface area contributed by atoms with Gasteiger partial charge in [-0.05, 0) is 54.2 Å². The normalized spacial score (nSPS) is 20.6. The molecular formula is C31H45F3N4O4. The van der Waals surface area contributed by atoms with Gasteiger partial charge in [-0.2, -0.15) is 13.2 Å². The molecule has 2 atom stereocenters. The van der Waals surface area contributed by atoms with Crippen molar-refractivity contribution in [2.45, 2.75) is 96.9 Å². The highest BCUT2D eigenvalue weighted by atomic mass is 19.4. The van der Waals surface area contributed by atoms with Gasteiger partial charge in [-0.3, -0.25) is 24.5 Å². The third-order valence-corrected chi connectivity index (χ3v) is 9.29. The summed E-state index contributed by atoms with van der Waals surface area (Å²) in [6.07, 6.45) is 2.50. The molecule has 1 aliphatic carbocycles. The van der Waals surface area contributed by atoms with Crippen molar-refractivity contribution in [1.82, 2.24) is 20.2 Å². The summed E-state index contributed by atoms with van der Waals surface area (Å²) in [5.41, 5.74) is -0.0466. The lowest BCUT2D eigenvalue weighted by molar-refractivity contribution is -0.156. The molecule has 4 rings (SSSR count). The van der Waals surface area contributed by atoms with Crippen LogP contribution < -0.4 is 5.32 Å². The average Bonchev–Trinajstić information content (AvgIpc) is 3.46. The zero-order valence-electron chi connectivity index (χ0n) is 25.0. The number of piperidine rings is 1. The summed E-state index contributed by atoms with van der Waals surface area (Å²) in [6, 6.07) is 3.68. The molecule has 11 heteroatoms. The van der Waals surface area contributed by atoms with Crippen LogP contribution in [0.1, 0.15) is 82.4 Å². The van der Waals surface area contributed by atoms with Gasteiger partial charge < -0.3 is 10.2 Å². The second-order valence-electron chi connectivity index (χ2n) is 13.3. The highest BCUT2D eigenvalue weighted by molar-refractivity contribution is 5.89. The highest BCUT2D eigenvalue weighted by Gasteiger charge is 2.40. The third-order valence-electron chi connectivity index (χ3n) is 9.29. The van der Waals surface area contributed by atoms with Crippen molar-refractivity contribution in [2.24, 2.45) is 17.3 Å². The summed E-state index contributed by atoms with van der Waals surface area (Å²) in [6.45, 7) is 7.38. The van der Waals surface area contributed by atoms with E-state index >= 15 is 0 Å². The SMILES string of the molecule is CC(C)(C)[C@H](NC(=O)[C@H](CC1CCCC1)CN(O)C=O)C(=O)N1CCC(N2CCc3cccc(C(F)(F)F)c3C2)CC1. The van der Waals surface area contributed by atoms with Crippen molar-refractivity contribution >= 4 is 18.2 Å². The Bertz CT molecular complexity index is 1110. The smallest absolute Gasteiger partial charge is 0.344 e. The summed E-state index contributed by atoms with van der Waals surface area (Å²) < 4.78 is 41.0. The van der Waals surface area contributed by atoms with E-state index in [0.29, 0.717) is 61.9 Å². The molecule has 0 bridgehead atoms. The largest absolute Gasteiger partial charge is 0.416 e. The number of amides is 3. The number of hydrogen-bond acceptors (Lipinski definition) is 5. The number of carbonyl (C=O) groups is 3. The lowest BCUT2D eigenvalue weighted by Crippen LogP contribution is -2.58. The molecule has 0 unspecified atom stereocenters. The lowest BCUT2D eigenvalue weighted by Gasteiger charge is -2.43. The molecular weight excluding hydrogens is 549 g/mol. The highest BCUT2D eigenvalue weighted by Crippen LogP contribution is 2.37. The molecule has 1 saturated carbocycles. The first-order chi connectivity index (χ1) is 19.8. The Morgan fingerprint density at radius 1 is 1.10 bits per heavy atom. The zero-order valence-corrected chi connectivity index (χ0v) is 25.0. The van der Waals surface area contributed by atoms with Crippen LogP contribution in [0.2, 0.25) is 0 Å². The molecule has 3 aliphatic rings. The van der Waals surface area contributed by atoms with Gasteiger partial charge in [-0.1, -0.05) is 58.6 Å². The van der Waals surface area contributed by atoms with Crippen molar-refractivity contribution in [3.63, 3.8) is 0 Å². The first-order valence-electron chi connectivity index (χ1n) is 15.2. The molecule has 0 radical (unpaired) electrons. The monoisotopic (exact) mass is 594 g/mol. The van der Waals surface area contributed by atoms with Crippen molar-refractivity contribution in [3.8, 4) is 0 Å². The molecule has 0 spiro atoms. The average molecular weight is 595 g/mol. The van der Waals surface area contributed by atoms with E-state index in [9.17, 15) is 32.8 Å². The van der Waals surface area contributed by atoms with Gasteiger partial charge in [0.15, 0.2) is 0 Å². The van der Waals surface area contributed by atoms with Crippen LogP contribution in [0.4, 0.5) is 13.2 Å². The van der Waals surface area contributed by atoms with E-state index in [1.807, 2.05) is 20.8 Å². The quantitative estimate of drug-likeness (QED) is 0.247. The van der Waals surface area contributed by atoms with Crippen LogP contribution in [-0.4, -0.2) is 76.6 Å². The molecule has 8 nitrogen and oxygen atoms in total. The molecule has 3 amide bonds. The van der Waals surface area contributed by atoms with Gasteiger partial charge in [0.1, 0.15) is 6.04 Å². The maximum absolute atomic E-state index is 13.8. The first kappa shape index (κ1) is 32.3. The summed E-state index contributed by atoms with van der Waals surface area (Å²) in [5.74, 6) is -0.820. The summed E-state index contributed by atoms with van der Waals surface area (Å²) in [4.78, 5) is 42.2. The van der Waals surface area contributed by atoms with Crippen LogP contribution in [-0.2, 0) is 33.5 Å². The second-order valence-corrected chi connectivity index (χ2v) is 13.3. The molecule has 234 valence electrons. The predicted molar refractivity (Wildman–Crippen MR) is 151 cm³/mol. The number of likely N-dealkylation sites (tertiary alicyclic amines) is 1. The van der Waals surface area contributed by atoms with Gasteiger partial charge in [0.25, 0.3) is 0 Å². The molecule has 0 aromatic heterocycles. The van der Waals surface area contributed by atoms with Gasteiger partial charge >= 0.3 is 6.18 Å². The van der Waals surface area contributed by atoms with Gasteiger partial charge in [-0.15, -0.1) is 0 Å². The molecule has 2 N–H and O–H groups in total. The summed E-state index contributed by atoms with van der Waals surface area (Å²) in [7, 11) is 0. The Kier molecular flexibility index (Phi) is 10.2. The van der Waals surface area contributed by atoms with Gasteiger partial charge in [0.05, 0.1) is 18.0 Å². The van der Waals surface area contributed by atoms with E-state index < -0.39 is 29.1 Å². The maximum Gasteiger partial charge on any atom is 0.416 e. The van der Waals surface area contributed by atoms with Crippen LogP contribution in [0.3, 0.4) is 0 Å². The van der Waals surface area contributed by atoms with E-state index in [1.54, 1.807) is 11.0 Å². The van der Waals surface area contributed by atoms with Crippen LogP contribution >= 0.6 is 0 Å². The fourth-order valence-electron chi connectivity index (χ4n) is 6.90. The number of alkyl halides is 3. The molecule has 2 heterocycles. The van der Waals surface area contributed by atoms with E-state index in [0.717, 1.165) is 37.3 Å². The number of nitrogens with zero attached hydrogens (tertiary/aromatic N) is 3. The Labute approximate surface area is 246 Å². The van der Waals surface area contributed by atoms with Gasteiger partial charge in [0, 0.05) is 32.2 Å². The minimum atomic E-state index is -4.39. The Hall–Kier alpha value is -2.66. The standard InChI is InChI=1S/C31H45F3N4O4/c1-30(2,3)27(35-28(40)23(18-38(42)20-39)17-21-7-4-5-8-21)29(41)36-15-12-24(13-16-36)37-14-11-22-9-6-10-26(25(22)19-37)31(32,33)34/h6,9-10,20-21,23-24,27,42H,4-5,7-8,11-19H2,1-3H3,(H,35,40)/t23-,27-/m1/s1. The molecule has 1 aromatic rings. The summed E-state index contributed by atoms with van der Waals surface area (Å²) >= 11 is 0. The van der Waals surface area contributed by atoms with Crippen molar-refractivity contribution in [1.29, 1.82) is 0 Å². The molecule has 1 saturated heterocycles. The Balaban J connectivity index is 1.39. The molecule has 2 aliphatic heterocycles. The van der Waals surface area contributed by atoms with Crippen molar-refractivity contribution in [3.05, 3.63) is 34.9 Å². The van der Waals surface area contributed by atoms with E-state index in [2.05, 4.69) is 10.2 Å². The van der Waals surface area contributed by atoms with Crippen molar-refractivity contribution in [2.75, 3.05) is 26.2 Å². The Morgan fingerprint density at radius 2 is 1.76 bits per heavy atom. The Morgan fingerprint density at radius 3 is 2.36 bits per heavy atom. The van der Waals surface area contributed by atoms with Crippen LogP contribution in [0, 0.1) is 17.3 Å². The number of fused-ring (bicyclic) bond motifs is 1. The number of rotatable bonds is 9.